The summed E-state index contributed by atoms with van der Waals surface area (Å²) in [5.41, 5.74) is 2.63. The molecule has 0 saturated carbocycles. The lowest BCUT2D eigenvalue weighted by Gasteiger charge is -2.14. The van der Waals surface area contributed by atoms with Crippen molar-refractivity contribution in [2.24, 2.45) is 0 Å². The summed E-state index contributed by atoms with van der Waals surface area (Å²) in [7, 11) is -3.60. The summed E-state index contributed by atoms with van der Waals surface area (Å²) in [6.45, 7) is 5.51. The van der Waals surface area contributed by atoms with Gasteiger partial charge >= 0.3 is 5.69 Å². The highest BCUT2D eigenvalue weighted by atomic mass is 32.2. The molecule has 26 heavy (non-hydrogen) atoms. The van der Waals surface area contributed by atoms with Gasteiger partial charge in [0.1, 0.15) is 5.25 Å². The van der Waals surface area contributed by atoms with Gasteiger partial charge in [0.05, 0.1) is 16.3 Å². The number of aromatic amines is 1. The second-order valence-electron chi connectivity index (χ2n) is 6.32. The van der Waals surface area contributed by atoms with Gasteiger partial charge in [-0.2, -0.15) is 0 Å². The SMILES string of the molecule is CCc1c([C@@H](C)S(=O)(=O)c2ccccc2)[nH]c(=O)n1-c1ccc(C)cc1. The first kappa shape index (κ1) is 18.2. The topological polar surface area (TPSA) is 71.9 Å². The van der Waals surface area contributed by atoms with Crippen LogP contribution in [0.5, 0.6) is 0 Å². The van der Waals surface area contributed by atoms with Gasteiger partial charge in [-0.1, -0.05) is 42.8 Å². The highest BCUT2D eigenvalue weighted by Crippen LogP contribution is 2.30. The monoisotopic (exact) mass is 370 g/mol. The zero-order chi connectivity index (χ0) is 18.9. The van der Waals surface area contributed by atoms with Crippen molar-refractivity contribution in [3.8, 4) is 5.69 Å². The van der Waals surface area contributed by atoms with Crippen LogP contribution in [-0.4, -0.2) is 18.0 Å². The van der Waals surface area contributed by atoms with E-state index in [2.05, 4.69) is 4.98 Å². The maximum absolute atomic E-state index is 13.0. The van der Waals surface area contributed by atoms with Crippen molar-refractivity contribution in [2.45, 2.75) is 37.3 Å². The molecule has 3 rings (SSSR count). The van der Waals surface area contributed by atoms with Crippen LogP contribution < -0.4 is 5.69 Å². The Labute approximate surface area is 153 Å². The molecule has 2 aromatic carbocycles. The number of benzene rings is 2. The number of hydrogen-bond acceptors (Lipinski definition) is 3. The van der Waals surface area contributed by atoms with Crippen molar-refractivity contribution < 1.29 is 8.42 Å². The van der Waals surface area contributed by atoms with Crippen LogP contribution in [0, 0.1) is 6.92 Å². The molecule has 3 aromatic rings. The zero-order valence-corrected chi connectivity index (χ0v) is 15.9. The molecule has 1 N–H and O–H groups in total. The zero-order valence-electron chi connectivity index (χ0n) is 15.1. The summed E-state index contributed by atoms with van der Waals surface area (Å²) >= 11 is 0. The van der Waals surface area contributed by atoms with E-state index < -0.39 is 15.1 Å². The van der Waals surface area contributed by atoms with Crippen LogP contribution in [0.2, 0.25) is 0 Å². The molecule has 6 heteroatoms. The summed E-state index contributed by atoms with van der Waals surface area (Å²) in [4.78, 5) is 15.6. The molecule has 0 amide bonds. The molecule has 0 aliphatic carbocycles. The Bertz CT molecular complexity index is 1060. The van der Waals surface area contributed by atoms with Crippen molar-refractivity contribution in [1.82, 2.24) is 9.55 Å². The van der Waals surface area contributed by atoms with E-state index in [1.54, 1.807) is 41.8 Å². The Morgan fingerprint density at radius 3 is 2.23 bits per heavy atom. The Morgan fingerprint density at radius 2 is 1.65 bits per heavy atom. The first-order valence-electron chi connectivity index (χ1n) is 8.56. The summed E-state index contributed by atoms with van der Waals surface area (Å²) < 4.78 is 27.5. The number of nitrogens with zero attached hydrogens (tertiary/aromatic N) is 1. The van der Waals surface area contributed by atoms with Crippen LogP contribution in [0.1, 0.15) is 36.0 Å². The quantitative estimate of drug-likeness (QED) is 0.746. The first-order chi connectivity index (χ1) is 12.4. The second kappa shape index (κ2) is 6.96. The molecular formula is C20H22N2O3S. The fraction of sp³-hybridized carbons (Fsp3) is 0.250. The van der Waals surface area contributed by atoms with E-state index in [4.69, 9.17) is 0 Å². The van der Waals surface area contributed by atoms with E-state index in [1.807, 2.05) is 38.1 Å². The van der Waals surface area contributed by atoms with Crippen LogP contribution >= 0.6 is 0 Å². The molecule has 0 aliphatic rings. The maximum Gasteiger partial charge on any atom is 0.330 e. The largest absolute Gasteiger partial charge is 0.330 e. The van der Waals surface area contributed by atoms with E-state index >= 15 is 0 Å². The third kappa shape index (κ3) is 3.12. The van der Waals surface area contributed by atoms with Gasteiger partial charge < -0.3 is 4.98 Å². The fourth-order valence-corrected chi connectivity index (χ4v) is 4.56. The van der Waals surface area contributed by atoms with Gasteiger partial charge in [-0.15, -0.1) is 0 Å². The summed E-state index contributed by atoms with van der Waals surface area (Å²) in [5.74, 6) is 0. The average Bonchev–Trinajstić information content (AvgIpc) is 2.98. The van der Waals surface area contributed by atoms with Gasteiger partial charge in [-0.25, -0.2) is 13.2 Å². The summed E-state index contributed by atoms with van der Waals surface area (Å²) in [6.07, 6.45) is 0.538. The Kier molecular flexibility index (Phi) is 4.87. The number of aryl methyl sites for hydroxylation is 1. The molecule has 136 valence electrons. The molecule has 0 saturated heterocycles. The lowest BCUT2D eigenvalue weighted by molar-refractivity contribution is 0.584. The van der Waals surface area contributed by atoms with E-state index in [0.717, 1.165) is 11.3 Å². The van der Waals surface area contributed by atoms with Crippen molar-refractivity contribution in [3.63, 3.8) is 0 Å². The van der Waals surface area contributed by atoms with Crippen molar-refractivity contribution in [3.05, 3.63) is 82.0 Å². The lowest BCUT2D eigenvalue weighted by atomic mass is 10.2. The van der Waals surface area contributed by atoms with Crippen LogP contribution in [0.15, 0.2) is 64.3 Å². The minimum Gasteiger partial charge on any atom is -0.308 e. The molecule has 0 spiro atoms. The molecule has 0 fully saturated rings. The Morgan fingerprint density at radius 1 is 1.04 bits per heavy atom. The van der Waals surface area contributed by atoms with Crippen molar-refractivity contribution in [2.75, 3.05) is 0 Å². The number of rotatable bonds is 5. The van der Waals surface area contributed by atoms with E-state index in [9.17, 15) is 13.2 Å². The molecule has 0 aliphatic heterocycles. The Hall–Kier alpha value is -2.60. The predicted octanol–water partition coefficient (Wildman–Crippen LogP) is 3.57. The van der Waals surface area contributed by atoms with E-state index in [1.165, 1.54) is 0 Å². The van der Waals surface area contributed by atoms with Gasteiger partial charge in [0.25, 0.3) is 0 Å². The Balaban J connectivity index is 2.13. The highest BCUT2D eigenvalue weighted by Gasteiger charge is 2.29. The highest BCUT2D eigenvalue weighted by molar-refractivity contribution is 7.91. The third-order valence-corrected chi connectivity index (χ3v) is 6.69. The van der Waals surface area contributed by atoms with Gasteiger partial charge in [0.15, 0.2) is 9.84 Å². The molecule has 1 heterocycles. The van der Waals surface area contributed by atoms with Gasteiger partial charge in [-0.3, -0.25) is 4.57 Å². The van der Waals surface area contributed by atoms with Crippen molar-refractivity contribution in [1.29, 1.82) is 0 Å². The number of sulfone groups is 1. The maximum atomic E-state index is 13.0. The number of imidazole rings is 1. The van der Waals surface area contributed by atoms with E-state index in [0.29, 0.717) is 17.8 Å². The van der Waals surface area contributed by atoms with E-state index in [-0.39, 0.29) is 10.6 Å². The molecular weight excluding hydrogens is 348 g/mol. The first-order valence-corrected chi connectivity index (χ1v) is 10.1. The number of nitrogens with one attached hydrogen (secondary N) is 1. The van der Waals surface area contributed by atoms with Crippen molar-refractivity contribution >= 4 is 9.84 Å². The number of hydrogen-bond donors (Lipinski definition) is 1. The smallest absolute Gasteiger partial charge is 0.308 e. The molecule has 1 aromatic heterocycles. The van der Waals surface area contributed by atoms with Gasteiger partial charge in [-0.05, 0) is 44.5 Å². The number of aromatic nitrogens is 2. The van der Waals surface area contributed by atoms with Crippen LogP contribution in [0.4, 0.5) is 0 Å². The normalized spacial score (nSPS) is 12.9. The summed E-state index contributed by atoms with van der Waals surface area (Å²) in [5, 5.41) is -0.848. The van der Waals surface area contributed by atoms with Gasteiger partial charge in [0.2, 0.25) is 0 Å². The lowest BCUT2D eigenvalue weighted by Crippen LogP contribution is -2.16. The van der Waals surface area contributed by atoms with Gasteiger partial charge in [0, 0.05) is 5.69 Å². The average molecular weight is 370 g/mol. The molecule has 1 atom stereocenters. The standard InChI is InChI=1S/C20H22N2O3S/c1-4-18-19(15(3)26(24,25)17-8-6-5-7-9-17)21-20(23)22(18)16-12-10-14(2)11-13-16/h5-13,15H,4H2,1-3H3,(H,21,23)/t15-/m1/s1. The minimum absolute atomic E-state index is 0.249. The van der Waals surface area contributed by atoms with Crippen LogP contribution in [0.3, 0.4) is 0 Å². The number of H-pyrrole nitrogens is 1. The molecule has 0 unspecified atom stereocenters. The van der Waals surface area contributed by atoms with Crippen LogP contribution in [0.25, 0.3) is 5.69 Å². The third-order valence-electron chi connectivity index (χ3n) is 4.60. The molecule has 0 bridgehead atoms. The fourth-order valence-electron chi connectivity index (χ4n) is 3.11. The molecule has 0 radical (unpaired) electrons. The predicted molar refractivity (Wildman–Crippen MR) is 103 cm³/mol. The molecule has 5 nitrogen and oxygen atoms in total. The minimum atomic E-state index is -3.60. The summed E-state index contributed by atoms with van der Waals surface area (Å²) in [6, 6.07) is 15.9. The second-order valence-corrected chi connectivity index (χ2v) is 8.58. The van der Waals surface area contributed by atoms with Crippen LogP contribution in [-0.2, 0) is 16.3 Å².